The molecule has 1 aliphatic heterocycles. The molecule has 7 heteroatoms. The fourth-order valence-corrected chi connectivity index (χ4v) is 3.68. The molecule has 2 aromatic heterocycles. The van der Waals surface area contributed by atoms with Crippen LogP contribution in [0.15, 0.2) is 77.7 Å². The van der Waals surface area contributed by atoms with E-state index in [9.17, 15) is 9.59 Å². The van der Waals surface area contributed by atoms with Crippen LogP contribution in [0.4, 0.5) is 5.69 Å². The fourth-order valence-electron chi connectivity index (χ4n) is 3.68. The van der Waals surface area contributed by atoms with E-state index in [-0.39, 0.29) is 17.6 Å². The number of hydrogen-bond donors (Lipinski definition) is 1. The van der Waals surface area contributed by atoms with E-state index in [1.54, 1.807) is 12.1 Å². The number of amides is 2. The van der Waals surface area contributed by atoms with Crippen molar-refractivity contribution in [3.8, 4) is 0 Å². The number of pyridine rings is 1. The van der Waals surface area contributed by atoms with Crippen molar-refractivity contribution in [1.29, 1.82) is 0 Å². The maximum Gasteiger partial charge on any atom is 0.287 e. The van der Waals surface area contributed by atoms with Crippen LogP contribution in [0, 0.1) is 0 Å². The standard InChI is InChI=1S/C23H24N4O3/c28-22(21-7-4-16-30-21)25-20(17-18-5-2-1-3-6-18)23(29)27-14-12-26(13-15-27)19-8-10-24-11-9-19/h1-11,16,20H,12-15,17H2,(H,25,28)/p+1/t20-/m0/s1. The first-order valence-electron chi connectivity index (χ1n) is 10.1. The first kappa shape index (κ1) is 19.7. The highest BCUT2D eigenvalue weighted by Gasteiger charge is 2.29. The van der Waals surface area contributed by atoms with E-state index in [4.69, 9.17) is 4.42 Å². The van der Waals surface area contributed by atoms with Gasteiger partial charge < -0.3 is 19.5 Å². The molecule has 4 rings (SSSR count). The van der Waals surface area contributed by atoms with Crippen molar-refractivity contribution in [2.45, 2.75) is 12.5 Å². The Morgan fingerprint density at radius 1 is 0.967 bits per heavy atom. The van der Waals surface area contributed by atoms with E-state index >= 15 is 0 Å². The molecule has 1 fully saturated rings. The number of anilines is 1. The highest BCUT2D eigenvalue weighted by atomic mass is 16.3. The molecular formula is C23H25N4O3+. The molecule has 7 nitrogen and oxygen atoms in total. The first-order valence-corrected chi connectivity index (χ1v) is 10.1. The lowest BCUT2D eigenvalue weighted by Crippen LogP contribution is -2.55. The summed E-state index contributed by atoms with van der Waals surface area (Å²) in [6, 6.07) is 16.4. The van der Waals surface area contributed by atoms with Crippen LogP contribution in [-0.4, -0.2) is 48.9 Å². The Balaban J connectivity index is 1.44. The average Bonchev–Trinajstić information content (AvgIpc) is 3.35. The molecule has 1 aliphatic rings. The summed E-state index contributed by atoms with van der Waals surface area (Å²) in [6.45, 7) is 2.72. The van der Waals surface area contributed by atoms with Gasteiger partial charge in [0.25, 0.3) is 5.91 Å². The first-order chi connectivity index (χ1) is 14.7. The fraction of sp³-hybridized carbons (Fsp3) is 0.261. The molecule has 154 valence electrons. The van der Waals surface area contributed by atoms with Crippen LogP contribution in [0.5, 0.6) is 0 Å². The van der Waals surface area contributed by atoms with Crippen LogP contribution < -0.4 is 15.2 Å². The topological polar surface area (TPSA) is 79.9 Å². The van der Waals surface area contributed by atoms with E-state index in [0.29, 0.717) is 19.5 Å². The molecular weight excluding hydrogens is 380 g/mol. The minimum Gasteiger partial charge on any atom is -0.459 e. The molecule has 0 radical (unpaired) electrons. The van der Waals surface area contributed by atoms with Crippen molar-refractivity contribution in [1.82, 2.24) is 10.2 Å². The zero-order valence-electron chi connectivity index (χ0n) is 16.7. The van der Waals surface area contributed by atoms with Crippen LogP contribution in [0.2, 0.25) is 0 Å². The lowest BCUT2D eigenvalue weighted by molar-refractivity contribution is -0.377. The Kier molecular flexibility index (Phi) is 6.08. The van der Waals surface area contributed by atoms with Crippen LogP contribution in [0.3, 0.4) is 0 Å². The van der Waals surface area contributed by atoms with E-state index < -0.39 is 6.04 Å². The number of piperazine rings is 1. The zero-order chi connectivity index (χ0) is 20.8. The molecule has 1 saturated heterocycles. The van der Waals surface area contributed by atoms with Crippen molar-refractivity contribution < 1.29 is 19.0 Å². The minimum atomic E-state index is -0.650. The summed E-state index contributed by atoms with van der Waals surface area (Å²) in [5, 5.41) is 2.87. The van der Waals surface area contributed by atoms with Crippen molar-refractivity contribution >= 4 is 17.5 Å². The SMILES string of the molecule is O=C(N[C@@H](Cc1ccccc1)C(=O)N1CCN(c2cc[nH+]cc2)CC1)c1ccco1. The summed E-state index contributed by atoms with van der Waals surface area (Å²) in [5.74, 6) is -0.250. The molecule has 0 spiro atoms. The number of carbonyl (C=O) groups is 2. The number of carbonyl (C=O) groups excluding carboxylic acids is 2. The Bertz CT molecular complexity index is 953. The van der Waals surface area contributed by atoms with Gasteiger partial charge in [-0.15, -0.1) is 0 Å². The van der Waals surface area contributed by atoms with Crippen molar-refractivity contribution in [3.63, 3.8) is 0 Å². The molecule has 0 bridgehead atoms. The average molecular weight is 405 g/mol. The van der Waals surface area contributed by atoms with Gasteiger partial charge in [-0.3, -0.25) is 9.59 Å². The third-order valence-corrected chi connectivity index (χ3v) is 5.29. The summed E-state index contributed by atoms with van der Waals surface area (Å²) in [6.07, 6.45) is 5.67. The van der Waals surface area contributed by atoms with Gasteiger partial charge >= 0.3 is 0 Å². The number of furan rings is 1. The third-order valence-electron chi connectivity index (χ3n) is 5.29. The van der Waals surface area contributed by atoms with E-state index in [2.05, 4.69) is 15.2 Å². The van der Waals surface area contributed by atoms with Gasteiger partial charge in [-0.05, 0) is 17.7 Å². The summed E-state index contributed by atoms with van der Waals surface area (Å²) in [4.78, 5) is 33.0. The van der Waals surface area contributed by atoms with Gasteiger partial charge in [-0.1, -0.05) is 30.3 Å². The molecule has 3 heterocycles. The van der Waals surface area contributed by atoms with Gasteiger partial charge in [-0.2, -0.15) is 0 Å². The Morgan fingerprint density at radius 3 is 2.37 bits per heavy atom. The number of H-pyrrole nitrogens is 1. The van der Waals surface area contributed by atoms with E-state index in [1.165, 1.54) is 6.26 Å². The molecule has 2 N–H and O–H groups in total. The smallest absolute Gasteiger partial charge is 0.287 e. The number of aromatic amines is 1. The second-order valence-electron chi connectivity index (χ2n) is 7.26. The van der Waals surface area contributed by atoms with Gasteiger partial charge in [0.1, 0.15) is 6.04 Å². The van der Waals surface area contributed by atoms with Crippen LogP contribution in [0.1, 0.15) is 16.1 Å². The second kappa shape index (κ2) is 9.26. The number of hydrogen-bond acceptors (Lipinski definition) is 4. The number of aromatic nitrogens is 1. The molecule has 3 aromatic rings. The predicted octanol–water partition coefficient (Wildman–Crippen LogP) is 1.78. The maximum absolute atomic E-state index is 13.3. The van der Waals surface area contributed by atoms with Crippen molar-refractivity contribution in [2.24, 2.45) is 0 Å². The summed E-state index contributed by atoms with van der Waals surface area (Å²) >= 11 is 0. The number of rotatable bonds is 6. The maximum atomic E-state index is 13.3. The van der Waals surface area contributed by atoms with E-state index in [1.807, 2.05) is 59.8 Å². The highest BCUT2D eigenvalue weighted by Crippen LogP contribution is 2.16. The molecule has 30 heavy (non-hydrogen) atoms. The van der Waals surface area contributed by atoms with Crippen molar-refractivity contribution in [2.75, 3.05) is 31.1 Å². The largest absolute Gasteiger partial charge is 0.459 e. The zero-order valence-corrected chi connectivity index (χ0v) is 16.7. The highest BCUT2D eigenvalue weighted by molar-refractivity contribution is 5.95. The molecule has 2 amide bonds. The van der Waals surface area contributed by atoms with Crippen LogP contribution in [0.25, 0.3) is 0 Å². The molecule has 1 atom stereocenters. The van der Waals surface area contributed by atoms with E-state index in [0.717, 1.165) is 24.3 Å². The van der Waals surface area contributed by atoms with Gasteiger partial charge in [0.05, 0.1) is 6.26 Å². The molecule has 0 saturated carbocycles. The lowest BCUT2D eigenvalue weighted by atomic mass is 10.0. The number of nitrogens with zero attached hydrogens (tertiary/aromatic N) is 2. The number of benzene rings is 1. The second-order valence-corrected chi connectivity index (χ2v) is 7.26. The number of nitrogens with one attached hydrogen (secondary N) is 2. The van der Waals surface area contributed by atoms with Gasteiger partial charge in [0, 0.05) is 50.4 Å². The molecule has 0 aliphatic carbocycles. The Morgan fingerprint density at radius 2 is 1.70 bits per heavy atom. The normalized spacial score (nSPS) is 14.9. The Hall–Kier alpha value is -3.61. The minimum absolute atomic E-state index is 0.0696. The van der Waals surface area contributed by atoms with Gasteiger partial charge in [-0.25, -0.2) is 4.98 Å². The quantitative estimate of drug-likeness (QED) is 0.678. The monoisotopic (exact) mass is 405 g/mol. The molecule has 0 unspecified atom stereocenters. The summed E-state index contributed by atoms with van der Waals surface area (Å²) in [7, 11) is 0. The Labute approximate surface area is 175 Å². The van der Waals surface area contributed by atoms with Crippen LogP contribution >= 0.6 is 0 Å². The third kappa shape index (κ3) is 4.68. The van der Waals surface area contributed by atoms with Gasteiger partial charge in [0.2, 0.25) is 5.91 Å². The summed E-state index contributed by atoms with van der Waals surface area (Å²) < 4.78 is 5.19. The van der Waals surface area contributed by atoms with Gasteiger partial charge in [0.15, 0.2) is 18.2 Å². The summed E-state index contributed by atoms with van der Waals surface area (Å²) in [5.41, 5.74) is 2.13. The van der Waals surface area contributed by atoms with Crippen LogP contribution in [-0.2, 0) is 11.2 Å². The van der Waals surface area contributed by atoms with Crippen molar-refractivity contribution in [3.05, 3.63) is 84.6 Å². The predicted molar refractivity (Wildman–Crippen MR) is 112 cm³/mol. The molecule has 1 aromatic carbocycles. The lowest BCUT2D eigenvalue weighted by Gasteiger charge is -2.37.